The predicted octanol–water partition coefficient (Wildman–Crippen LogP) is 1.76. The molecule has 7 heteroatoms. The Hall–Kier alpha value is -2.15. The van der Waals surface area contributed by atoms with Gasteiger partial charge in [0.2, 0.25) is 11.8 Å². The van der Waals surface area contributed by atoms with Crippen molar-refractivity contribution in [1.29, 1.82) is 0 Å². The van der Waals surface area contributed by atoms with Crippen LogP contribution in [0.2, 0.25) is 0 Å². The van der Waals surface area contributed by atoms with Gasteiger partial charge in [-0.1, -0.05) is 12.1 Å². The Morgan fingerprint density at radius 1 is 1.45 bits per heavy atom. The van der Waals surface area contributed by atoms with Gasteiger partial charge in [-0.3, -0.25) is 9.59 Å². The molecule has 0 saturated heterocycles. The minimum atomic E-state index is -0.311. The van der Waals surface area contributed by atoms with Crippen molar-refractivity contribution in [3.05, 3.63) is 29.8 Å². The molecule has 0 aliphatic carbocycles. The van der Waals surface area contributed by atoms with Crippen LogP contribution in [0.1, 0.15) is 25.3 Å². The van der Waals surface area contributed by atoms with Crippen molar-refractivity contribution < 1.29 is 9.59 Å². The molecule has 116 valence electrons. The van der Waals surface area contributed by atoms with Crippen LogP contribution in [-0.4, -0.2) is 30.0 Å². The first-order valence-corrected chi connectivity index (χ1v) is 8.12. The van der Waals surface area contributed by atoms with Crippen LogP contribution in [0.25, 0.3) is 0 Å². The number of hydrogen-bond acceptors (Lipinski definition) is 5. The molecule has 1 aliphatic heterocycles. The molecule has 0 radical (unpaired) electrons. The molecule has 1 heterocycles. The minimum absolute atomic E-state index is 0.150. The molecule has 1 aromatic rings. The summed E-state index contributed by atoms with van der Waals surface area (Å²) in [7, 11) is 0. The van der Waals surface area contributed by atoms with E-state index in [1.165, 1.54) is 4.90 Å². The highest BCUT2D eigenvalue weighted by atomic mass is 32.2. The molecular formula is C15H18N4O2S. The summed E-state index contributed by atoms with van der Waals surface area (Å²) < 4.78 is 0. The molecule has 6 nitrogen and oxygen atoms in total. The summed E-state index contributed by atoms with van der Waals surface area (Å²) in [5, 5.41) is 7.76. The average Bonchev–Trinajstić information content (AvgIpc) is 2.84. The molecule has 0 fully saturated rings. The third kappa shape index (κ3) is 4.42. The Labute approximate surface area is 133 Å². The Morgan fingerprint density at radius 3 is 2.77 bits per heavy atom. The molecule has 1 aromatic carbocycles. The number of amides is 2. The number of carbonyl (C=O) groups is 2. The van der Waals surface area contributed by atoms with E-state index in [0.717, 1.165) is 11.3 Å². The third-order valence-corrected chi connectivity index (χ3v) is 4.09. The van der Waals surface area contributed by atoms with Gasteiger partial charge < -0.3 is 0 Å². The molecule has 2 amide bonds. The maximum absolute atomic E-state index is 11.7. The van der Waals surface area contributed by atoms with Crippen LogP contribution >= 0.6 is 11.8 Å². The van der Waals surface area contributed by atoms with Crippen molar-refractivity contribution in [3.8, 4) is 0 Å². The summed E-state index contributed by atoms with van der Waals surface area (Å²) in [4.78, 5) is 24.3. The molecule has 2 N–H and O–H groups in total. The molecule has 0 saturated carbocycles. The zero-order valence-electron chi connectivity index (χ0n) is 12.5. The molecule has 22 heavy (non-hydrogen) atoms. The lowest BCUT2D eigenvalue weighted by Gasteiger charge is -2.06. The lowest BCUT2D eigenvalue weighted by molar-refractivity contribution is -0.123. The highest BCUT2D eigenvalue weighted by molar-refractivity contribution is 7.98. The quantitative estimate of drug-likeness (QED) is 0.476. The summed E-state index contributed by atoms with van der Waals surface area (Å²) in [6.45, 7) is 1.77. The Kier molecular flexibility index (Phi) is 5.71. The number of benzene rings is 1. The second kappa shape index (κ2) is 7.74. The molecule has 0 aromatic heterocycles. The van der Waals surface area contributed by atoms with Crippen molar-refractivity contribution in [2.45, 2.75) is 24.7 Å². The van der Waals surface area contributed by atoms with Crippen LogP contribution in [0.3, 0.4) is 0 Å². The van der Waals surface area contributed by atoms with Crippen molar-refractivity contribution in [1.82, 2.24) is 10.9 Å². The standard InChI is InChI=1S/C15H18N4O2S/c1-10-13(15(21)19-17-10)7-8-14(20)18-16-9-11-3-5-12(22-2)6-4-11/h3-6,9,13H,7-8H2,1-2H3,(H,18,20)(H,19,21). The monoisotopic (exact) mass is 318 g/mol. The second-order valence-corrected chi connectivity index (χ2v) is 5.77. The molecular weight excluding hydrogens is 300 g/mol. The number of thioether (sulfide) groups is 1. The normalized spacial score (nSPS) is 17.5. The zero-order valence-corrected chi connectivity index (χ0v) is 13.3. The van der Waals surface area contributed by atoms with Gasteiger partial charge in [-0.25, -0.2) is 10.9 Å². The van der Waals surface area contributed by atoms with E-state index in [-0.39, 0.29) is 24.2 Å². The number of hydrogen-bond donors (Lipinski definition) is 2. The lowest BCUT2D eigenvalue weighted by atomic mass is 9.99. The number of carbonyl (C=O) groups excluding carboxylic acids is 2. The fourth-order valence-corrected chi connectivity index (χ4v) is 2.44. The summed E-state index contributed by atoms with van der Waals surface area (Å²) in [6, 6.07) is 7.86. The maximum atomic E-state index is 11.7. The molecule has 1 unspecified atom stereocenters. The van der Waals surface area contributed by atoms with Crippen molar-refractivity contribution in [3.63, 3.8) is 0 Å². The molecule has 1 atom stereocenters. The van der Waals surface area contributed by atoms with E-state index in [1.54, 1.807) is 24.9 Å². The number of nitrogens with one attached hydrogen (secondary N) is 2. The van der Waals surface area contributed by atoms with E-state index in [2.05, 4.69) is 21.1 Å². The number of hydrazone groups is 2. The van der Waals surface area contributed by atoms with Gasteiger partial charge in [0.15, 0.2) is 0 Å². The van der Waals surface area contributed by atoms with Crippen LogP contribution in [0.15, 0.2) is 39.4 Å². The minimum Gasteiger partial charge on any atom is -0.273 e. The SMILES string of the molecule is CSc1ccc(C=NNC(=O)CCC2C(=O)NN=C2C)cc1. The van der Waals surface area contributed by atoms with Crippen molar-refractivity contribution >= 4 is 35.5 Å². The van der Waals surface area contributed by atoms with Crippen LogP contribution in [0, 0.1) is 5.92 Å². The highest BCUT2D eigenvalue weighted by Crippen LogP contribution is 2.14. The fourth-order valence-electron chi connectivity index (χ4n) is 2.03. The highest BCUT2D eigenvalue weighted by Gasteiger charge is 2.26. The van der Waals surface area contributed by atoms with Gasteiger partial charge in [0.05, 0.1) is 12.1 Å². The van der Waals surface area contributed by atoms with Gasteiger partial charge in [-0.05, 0) is 37.3 Å². The summed E-state index contributed by atoms with van der Waals surface area (Å²) in [5.41, 5.74) is 6.50. The van der Waals surface area contributed by atoms with Crippen LogP contribution < -0.4 is 10.9 Å². The van der Waals surface area contributed by atoms with Gasteiger partial charge in [0, 0.05) is 17.0 Å². The maximum Gasteiger partial charge on any atom is 0.248 e. The van der Waals surface area contributed by atoms with Crippen molar-refractivity contribution in [2.24, 2.45) is 16.1 Å². The molecule has 0 bridgehead atoms. The van der Waals surface area contributed by atoms with Crippen molar-refractivity contribution in [2.75, 3.05) is 6.26 Å². The van der Waals surface area contributed by atoms with E-state index in [1.807, 2.05) is 30.5 Å². The predicted molar refractivity (Wildman–Crippen MR) is 87.9 cm³/mol. The topological polar surface area (TPSA) is 82.9 Å². The summed E-state index contributed by atoms with van der Waals surface area (Å²) in [6.07, 6.45) is 4.27. The fraction of sp³-hybridized carbons (Fsp3) is 0.333. The summed E-state index contributed by atoms with van der Waals surface area (Å²) in [5.74, 6) is -0.680. The largest absolute Gasteiger partial charge is 0.273 e. The van der Waals surface area contributed by atoms with E-state index < -0.39 is 0 Å². The number of rotatable bonds is 6. The van der Waals surface area contributed by atoms with E-state index in [9.17, 15) is 9.59 Å². The average molecular weight is 318 g/mol. The molecule has 1 aliphatic rings. The van der Waals surface area contributed by atoms with Gasteiger partial charge in [0.1, 0.15) is 0 Å². The van der Waals surface area contributed by atoms with Crippen LogP contribution in [-0.2, 0) is 9.59 Å². The Balaban J connectivity index is 1.76. The number of nitrogens with zero attached hydrogens (tertiary/aromatic N) is 2. The van der Waals surface area contributed by atoms with Crippen LogP contribution in [0.4, 0.5) is 0 Å². The first-order chi connectivity index (χ1) is 10.6. The Morgan fingerprint density at radius 2 is 2.18 bits per heavy atom. The van der Waals surface area contributed by atoms with Gasteiger partial charge in [0.25, 0.3) is 0 Å². The molecule has 0 spiro atoms. The Bertz CT molecular complexity index is 610. The summed E-state index contributed by atoms with van der Waals surface area (Å²) >= 11 is 1.67. The second-order valence-electron chi connectivity index (χ2n) is 4.89. The van der Waals surface area contributed by atoms with E-state index in [4.69, 9.17) is 0 Å². The van der Waals surface area contributed by atoms with Gasteiger partial charge >= 0.3 is 0 Å². The van der Waals surface area contributed by atoms with E-state index in [0.29, 0.717) is 6.42 Å². The van der Waals surface area contributed by atoms with Gasteiger partial charge in [-0.15, -0.1) is 11.8 Å². The first-order valence-electron chi connectivity index (χ1n) is 6.90. The van der Waals surface area contributed by atoms with Gasteiger partial charge in [-0.2, -0.15) is 10.2 Å². The third-order valence-electron chi connectivity index (χ3n) is 3.34. The zero-order chi connectivity index (χ0) is 15.9. The lowest BCUT2D eigenvalue weighted by Crippen LogP contribution is -2.25. The molecule has 2 rings (SSSR count). The van der Waals surface area contributed by atoms with Crippen LogP contribution in [0.5, 0.6) is 0 Å². The van der Waals surface area contributed by atoms with E-state index >= 15 is 0 Å². The first kappa shape index (κ1) is 16.2. The smallest absolute Gasteiger partial charge is 0.248 e.